The summed E-state index contributed by atoms with van der Waals surface area (Å²) < 4.78 is 0. The Bertz CT molecular complexity index is 1170. The van der Waals surface area contributed by atoms with Crippen LogP contribution >= 0.6 is 0 Å². The van der Waals surface area contributed by atoms with Gasteiger partial charge in [0.2, 0.25) is 0 Å². The van der Waals surface area contributed by atoms with Gasteiger partial charge >= 0.3 is 0 Å². The van der Waals surface area contributed by atoms with Gasteiger partial charge in [-0.2, -0.15) is 0 Å². The molecule has 0 bridgehead atoms. The van der Waals surface area contributed by atoms with E-state index in [0.717, 1.165) is 5.69 Å². The maximum absolute atomic E-state index is 4.51. The molecule has 2 unspecified atom stereocenters. The normalized spacial score (nSPS) is 21.2. The van der Waals surface area contributed by atoms with Gasteiger partial charge < -0.3 is 10.6 Å². The van der Waals surface area contributed by atoms with Crippen LogP contribution in [0.5, 0.6) is 0 Å². The van der Waals surface area contributed by atoms with E-state index in [1.807, 2.05) is 0 Å². The minimum Gasteiger partial charge on any atom is -0.363 e. The molecule has 2 aliphatic rings. The van der Waals surface area contributed by atoms with E-state index in [4.69, 9.17) is 0 Å². The van der Waals surface area contributed by atoms with Crippen molar-refractivity contribution in [3.63, 3.8) is 0 Å². The number of benzene rings is 3. The summed E-state index contributed by atoms with van der Waals surface area (Å²) in [4.78, 5) is 2.39. The van der Waals surface area contributed by atoms with Crippen molar-refractivity contribution in [2.75, 3.05) is 11.9 Å². The molecule has 1 aliphatic carbocycles. The summed E-state index contributed by atoms with van der Waals surface area (Å²) in [7, 11) is 2.20. The van der Waals surface area contributed by atoms with Crippen LogP contribution in [0.15, 0.2) is 66.7 Å². The first-order chi connectivity index (χ1) is 15.0. The Kier molecular flexibility index (Phi) is 4.79. The highest BCUT2D eigenvalue weighted by Gasteiger charge is 2.44. The van der Waals surface area contributed by atoms with Gasteiger partial charge in [0.15, 0.2) is 0 Å². The molecule has 0 fully saturated rings. The first-order valence-electron chi connectivity index (χ1n) is 11.6. The zero-order valence-electron chi connectivity index (χ0n) is 19.2. The minimum absolute atomic E-state index is 0.0345. The molecule has 0 amide bonds. The van der Waals surface area contributed by atoms with Crippen LogP contribution in [-0.2, 0) is 5.41 Å². The highest BCUT2D eigenvalue weighted by atomic mass is 15.1. The highest BCUT2D eigenvalue weighted by molar-refractivity contribution is 5.84. The van der Waals surface area contributed by atoms with Crippen molar-refractivity contribution in [1.29, 1.82) is 0 Å². The molecule has 31 heavy (non-hydrogen) atoms. The Labute approximate surface area is 186 Å². The molecule has 1 heterocycles. The van der Waals surface area contributed by atoms with Crippen molar-refractivity contribution in [2.24, 2.45) is 5.92 Å². The summed E-state index contributed by atoms with van der Waals surface area (Å²) in [5.41, 5.74) is 15.3. The third kappa shape index (κ3) is 2.81. The third-order valence-corrected chi connectivity index (χ3v) is 7.93. The van der Waals surface area contributed by atoms with Gasteiger partial charge in [-0.15, -0.1) is 0 Å². The van der Waals surface area contributed by atoms with E-state index in [-0.39, 0.29) is 11.5 Å². The fraction of sp³-hybridized carbons (Fsp3) is 0.310. The summed E-state index contributed by atoms with van der Waals surface area (Å²) in [6.07, 6.45) is 6.95. The Morgan fingerprint density at radius 1 is 0.935 bits per heavy atom. The van der Waals surface area contributed by atoms with E-state index in [1.54, 1.807) is 0 Å². The van der Waals surface area contributed by atoms with Gasteiger partial charge in [-0.25, -0.2) is 0 Å². The van der Waals surface area contributed by atoms with E-state index in [0.29, 0.717) is 5.92 Å². The molecule has 1 aliphatic heterocycles. The average molecular weight is 410 g/mol. The van der Waals surface area contributed by atoms with Crippen LogP contribution < -0.4 is 10.6 Å². The summed E-state index contributed by atoms with van der Waals surface area (Å²) in [6, 6.07) is 22.7. The van der Waals surface area contributed by atoms with Gasteiger partial charge in [0.05, 0.1) is 6.04 Å². The molecular weight excluding hydrogens is 376 g/mol. The van der Waals surface area contributed by atoms with E-state index >= 15 is 0 Å². The monoisotopic (exact) mass is 409 g/mol. The fourth-order valence-electron chi connectivity index (χ4n) is 6.19. The number of likely N-dealkylation sites (N-methyl/N-ethyl adjacent to an activating group) is 1. The van der Waals surface area contributed by atoms with E-state index in [9.17, 15) is 0 Å². The zero-order chi connectivity index (χ0) is 21.8. The van der Waals surface area contributed by atoms with Gasteiger partial charge in [0, 0.05) is 29.8 Å². The molecule has 0 aromatic heterocycles. The molecule has 3 aromatic rings. The number of para-hydroxylation sites is 1. The number of quaternary nitrogens is 1. The van der Waals surface area contributed by atoms with Crippen LogP contribution in [0.2, 0.25) is 0 Å². The summed E-state index contributed by atoms with van der Waals surface area (Å²) in [5, 5.41) is 0. The second kappa shape index (κ2) is 7.39. The lowest BCUT2D eigenvalue weighted by atomic mass is 9.67. The van der Waals surface area contributed by atoms with Gasteiger partial charge in [0.1, 0.15) is 5.69 Å². The number of hydrogen-bond acceptors (Lipinski definition) is 1. The van der Waals surface area contributed by atoms with Crippen LogP contribution in [0.3, 0.4) is 0 Å². The molecule has 5 rings (SSSR count). The number of nitrogens with zero attached hydrogens (tertiary/aromatic N) is 1. The number of anilines is 1. The highest BCUT2D eigenvalue weighted by Crippen LogP contribution is 2.55. The van der Waals surface area contributed by atoms with Crippen LogP contribution in [0.4, 0.5) is 11.4 Å². The standard InChI is InChI=1S/C29H32N2/c1-5-20(6-2)29(3)24-13-9-8-12-21(24)22-18-26(30)23(17-25(22)29)28-16-15-19-11-7-10-14-27(19)31(28)4/h7-18,20,28H,5-6,30H2,1-4H3/p+1. The second-order valence-electron chi connectivity index (χ2n) is 9.33. The Morgan fingerprint density at radius 3 is 2.42 bits per heavy atom. The molecule has 2 heteroatoms. The van der Waals surface area contributed by atoms with Crippen LogP contribution in [-0.4, -0.2) is 7.05 Å². The van der Waals surface area contributed by atoms with Crippen LogP contribution in [0, 0.1) is 5.92 Å². The molecule has 2 nitrogen and oxygen atoms in total. The molecule has 158 valence electrons. The van der Waals surface area contributed by atoms with Crippen LogP contribution in [0.1, 0.15) is 61.9 Å². The molecule has 2 atom stereocenters. The lowest BCUT2D eigenvalue weighted by Crippen LogP contribution is -2.43. The summed E-state index contributed by atoms with van der Waals surface area (Å²) in [6.45, 7) is 7.15. The first-order valence-corrected chi connectivity index (χ1v) is 11.6. The molecular formula is C29H33N2+. The summed E-state index contributed by atoms with van der Waals surface area (Å²) in [5.74, 6) is 0.610. The smallest absolute Gasteiger partial charge is 0.134 e. The molecule has 0 spiro atoms. The van der Waals surface area contributed by atoms with Crippen LogP contribution in [0.25, 0.3) is 17.2 Å². The van der Waals surface area contributed by atoms with E-state index in [1.165, 1.54) is 51.9 Å². The summed E-state index contributed by atoms with van der Waals surface area (Å²) >= 11 is 0. The van der Waals surface area contributed by atoms with E-state index in [2.05, 4.69) is 111 Å². The van der Waals surface area contributed by atoms with Gasteiger partial charge in [-0.05, 0) is 45.9 Å². The largest absolute Gasteiger partial charge is 0.363 e. The lowest BCUT2D eigenvalue weighted by molar-refractivity contribution is -0.255. The minimum atomic E-state index is 0.0345. The second-order valence-corrected chi connectivity index (χ2v) is 9.33. The van der Waals surface area contributed by atoms with Crippen molar-refractivity contribution in [3.05, 3.63) is 89.0 Å². The molecule has 3 aromatic carbocycles. The molecule has 0 saturated carbocycles. The predicted octanol–water partition coefficient (Wildman–Crippen LogP) is 6.49. The zero-order valence-corrected chi connectivity index (χ0v) is 19.2. The number of rotatable bonds is 4. The molecule has 3 N–H and O–H groups in total. The van der Waals surface area contributed by atoms with Gasteiger partial charge in [-0.1, -0.05) is 88.2 Å². The lowest BCUT2D eigenvalue weighted by Gasteiger charge is -2.37. The van der Waals surface area contributed by atoms with Crippen molar-refractivity contribution in [3.8, 4) is 11.1 Å². The number of fused-ring (bicyclic) bond motifs is 4. The topological polar surface area (TPSA) is 30.9 Å². The Hall–Kier alpha value is -2.84. The predicted molar refractivity (Wildman–Crippen MR) is 132 cm³/mol. The average Bonchev–Trinajstić information content (AvgIpc) is 3.03. The molecule has 0 radical (unpaired) electrons. The maximum atomic E-state index is 4.51. The maximum Gasteiger partial charge on any atom is 0.134 e. The quantitative estimate of drug-likeness (QED) is 0.525. The fourth-order valence-corrected chi connectivity index (χ4v) is 6.19. The van der Waals surface area contributed by atoms with Crippen molar-refractivity contribution >= 4 is 17.5 Å². The third-order valence-electron chi connectivity index (χ3n) is 7.93. The van der Waals surface area contributed by atoms with Gasteiger partial charge in [-0.3, -0.25) is 0 Å². The van der Waals surface area contributed by atoms with Gasteiger partial charge in [0.25, 0.3) is 0 Å². The Balaban J connectivity index is 1.69. The number of hydrogen-bond donors (Lipinski definition) is 1. The van der Waals surface area contributed by atoms with Crippen molar-refractivity contribution in [1.82, 2.24) is 0 Å². The Morgan fingerprint density at radius 2 is 1.65 bits per heavy atom. The van der Waals surface area contributed by atoms with E-state index < -0.39 is 0 Å². The first kappa shape index (κ1) is 20.1. The SMILES string of the molecule is CCC(CC)C1(C)c2ccccc2-c2cc([NH3+])c(C3C=Cc4ccccc4N3C)cc21. The van der Waals surface area contributed by atoms with Crippen molar-refractivity contribution < 1.29 is 5.73 Å². The van der Waals surface area contributed by atoms with Crippen molar-refractivity contribution in [2.45, 2.75) is 45.1 Å². The molecule has 0 saturated heterocycles.